The zero-order valence-electron chi connectivity index (χ0n) is 11.3. The molecule has 1 N–H and O–H groups in total. The normalized spacial score (nSPS) is 28.5. The number of aryl methyl sites for hydroxylation is 1. The molecule has 2 fully saturated rings. The molecule has 1 aromatic rings. The van der Waals surface area contributed by atoms with Crippen LogP contribution in [-0.4, -0.2) is 17.6 Å². The largest absolute Gasteiger partial charge is 0.314 e. The van der Waals surface area contributed by atoms with Gasteiger partial charge >= 0.3 is 0 Å². The lowest BCUT2D eigenvalue weighted by molar-refractivity contribution is 0.228. The van der Waals surface area contributed by atoms with Crippen LogP contribution in [-0.2, 0) is 6.42 Å². The van der Waals surface area contributed by atoms with Crippen LogP contribution >= 0.6 is 11.3 Å². The van der Waals surface area contributed by atoms with Gasteiger partial charge in [0, 0.05) is 23.5 Å². The van der Waals surface area contributed by atoms with E-state index in [0.717, 1.165) is 17.9 Å². The van der Waals surface area contributed by atoms with Gasteiger partial charge in [-0.1, -0.05) is 12.8 Å². The zero-order chi connectivity index (χ0) is 12.4. The van der Waals surface area contributed by atoms with Crippen LogP contribution in [0, 0.1) is 18.8 Å². The summed E-state index contributed by atoms with van der Waals surface area (Å²) in [5, 5.41) is 7.28. The van der Waals surface area contributed by atoms with Crippen LogP contribution in [0.15, 0.2) is 5.38 Å². The van der Waals surface area contributed by atoms with Crippen molar-refractivity contribution in [3.8, 4) is 0 Å². The Bertz CT molecular complexity index is 384. The molecule has 2 saturated carbocycles. The van der Waals surface area contributed by atoms with Gasteiger partial charge in [-0.25, -0.2) is 4.98 Å². The van der Waals surface area contributed by atoms with Crippen LogP contribution in [0.5, 0.6) is 0 Å². The number of thiazole rings is 1. The van der Waals surface area contributed by atoms with E-state index >= 15 is 0 Å². The molecular formula is C15H24N2S. The second-order valence-corrected chi connectivity index (χ2v) is 7.02. The first-order valence-corrected chi connectivity index (χ1v) is 8.33. The SMILES string of the molecule is Cc1csc(CC2CCCCC2CNC2CC2)n1. The standard InChI is InChI=1S/C15H24N2S/c1-11-10-18-15(17-11)8-12-4-2-3-5-13(12)9-16-14-6-7-14/h10,12-14,16H,2-9H2,1H3. The van der Waals surface area contributed by atoms with Crippen LogP contribution in [0.25, 0.3) is 0 Å². The third-order valence-corrected chi connectivity index (χ3v) is 5.40. The van der Waals surface area contributed by atoms with Crippen LogP contribution < -0.4 is 5.32 Å². The first-order chi connectivity index (χ1) is 8.81. The first kappa shape index (κ1) is 12.6. The topological polar surface area (TPSA) is 24.9 Å². The Morgan fingerprint density at radius 1 is 1.22 bits per heavy atom. The van der Waals surface area contributed by atoms with Gasteiger partial charge in [0.1, 0.15) is 0 Å². The average Bonchev–Trinajstić information content (AvgIpc) is 3.12. The van der Waals surface area contributed by atoms with Crippen molar-refractivity contribution in [3.63, 3.8) is 0 Å². The predicted molar refractivity (Wildman–Crippen MR) is 77.0 cm³/mol. The maximum absolute atomic E-state index is 4.64. The van der Waals surface area contributed by atoms with Gasteiger partial charge in [0.2, 0.25) is 0 Å². The number of hydrogen-bond acceptors (Lipinski definition) is 3. The molecule has 3 heteroatoms. The third kappa shape index (κ3) is 3.33. The minimum atomic E-state index is 0.856. The van der Waals surface area contributed by atoms with Crippen molar-refractivity contribution in [1.29, 1.82) is 0 Å². The Kier molecular flexibility index (Phi) is 4.00. The fourth-order valence-corrected chi connectivity index (χ4v) is 4.01. The minimum Gasteiger partial charge on any atom is -0.314 e. The molecule has 18 heavy (non-hydrogen) atoms. The summed E-state index contributed by atoms with van der Waals surface area (Å²) in [4.78, 5) is 4.64. The van der Waals surface area contributed by atoms with E-state index < -0.39 is 0 Å². The summed E-state index contributed by atoms with van der Waals surface area (Å²) in [5.74, 6) is 1.76. The molecule has 2 aliphatic carbocycles. The van der Waals surface area contributed by atoms with Crippen LogP contribution in [0.3, 0.4) is 0 Å². The lowest BCUT2D eigenvalue weighted by atomic mass is 9.77. The summed E-state index contributed by atoms with van der Waals surface area (Å²) in [6.45, 7) is 3.35. The first-order valence-electron chi connectivity index (χ1n) is 7.45. The Labute approximate surface area is 114 Å². The van der Waals surface area contributed by atoms with E-state index in [4.69, 9.17) is 0 Å². The van der Waals surface area contributed by atoms with E-state index in [2.05, 4.69) is 22.6 Å². The van der Waals surface area contributed by atoms with Crippen molar-refractivity contribution in [2.24, 2.45) is 11.8 Å². The molecule has 2 nitrogen and oxygen atoms in total. The third-order valence-electron chi connectivity index (χ3n) is 4.42. The quantitative estimate of drug-likeness (QED) is 0.879. The molecule has 0 amide bonds. The van der Waals surface area contributed by atoms with Gasteiger partial charge in [-0.2, -0.15) is 0 Å². The van der Waals surface area contributed by atoms with Gasteiger partial charge < -0.3 is 5.32 Å². The van der Waals surface area contributed by atoms with Crippen molar-refractivity contribution in [3.05, 3.63) is 16.1 Å². The van der Waals surface area contributed by atoms with E-state index in [9.17, 15) is 0 Å². The molecule has 0 spiro atoms. The predicted octanol–water partition coefficient (Wildman–Crippen LogP) is 3.55. The number of rotatable bonds is 5. The molecule has 3 rings (SSSR count). The van der Waals surface area contributed by atoms with Crippen LogP contribution in [0.4, 0.5) is 0 Å². The number of hydrogen-bond donors (Lipinski definition) is 1. The van der Waals surface area contributed by atoms with Gasteiger partial charge in [0.15, 0.2) is 0 Å². The second kappa shape index (κ2) is 5.70. The second-order valence-electron chi connectivity index (χ2n) is 6.07. The lowest BCUT2D eigenvalue weighted by Crippen LogP contribution is -2.32. The van der Waals surface area contributed by atoms with Crippen molar-refractivity contribution < 1.29 is 0 Å². The smallest absolute Gasteiger partial charge is 0.0930 e. The summed E-state index contributed by atoms with van der Waals surface area (Å²) >= 11 is 1.85. The van der Waals surface area contributed by atoms with Gasteiger partial charge in [-0.15, -0.1) is 11.3 Å². The van der Waals surface area contributed by atoms with E-state index in [1.165, 1.54) is 62.2 Å². The fraction of sp³-hybridized carbons (Fsp3) is 0.800. The summed E-state index contributed by atoms with van der Waals surface area (Å²) in [6, 6.07) is 0.856. The zero-order valence-corrected chi connectivity index (χ0v) is 12.1. The number of nitrogens with zero attached hydrogens (tertiary/aromatic N) is 1. The van der Waals surface area contributed by atoms with E-state index in [-0.39, 0.29) is 0 Å². The molecule has 2 atom stereocenters. The average molecular weight is 264 g/mol. The highest BCUT2D eigenvalue weighted by molar-refractivity contribution is 7.09. The van der Waals surface area contributed by atoms with Crippen molar-refractivity contribution in [1.82, 2.24) is 10.3 Å². The van der Waals surface area contributed by atoms with E-state index in [1.54, 1.807) is 0 Å². The van der Waals surface area contributed by atoms with Gasteiger partial charge in [-0.3, -0.25) is 0 Å². The molecule has 100 valence electrons. The molecule has 2 aliphatic rings. The number of nitrogens with one attached hydrogen (secondary N) is 1. The van der Waals surface area contributed by atoms with Gasteiger partial charge in [-0.05, 0) is 51.0 Å². The number of aromatic nitrogens is 1. The van der Waals surface area contributed by atoms with E-state index in [1.807, 2.05) is 11.3 Å². The molecule has 0 bridgehead atoms. The fourth-order valence-electron chi connectivity index (χ4n) is 3.15. The van der Waals surface area contributed by atoms with Crippen molar-refractivity contribution in [2.45, 2.75) is 57.9 Å². The lowest BCUT2D eigenvalue weighted by Gasteiger charge is -2.31. The van der Waals surface area contributed by atoms with Crippen LogP contribution in [0.2, 0.25) is 0 Å². The summed E-state index contributed by atoms with van der Waals surface area (Å²) in [6.07, 6.45) is 9.73. The molecule has 0 radical (unpaired) electrons. The molecule has 0 saturated heterocycles. The Balaban J connectivity index is 1.56. The summed E-state index contributed by atoms with van der Waals surface area (Å²) in [5.41, 5.74) is 1.19. The van der Waals surface area contributed by atoms with Gasteiger partial charge in [0.05, 0.1) is 5.01 Å². The van der Waals surface area contributed by atoms with Crippen molar-refractivity contribution in [2.75, 3.05) is 6.54 Å². The Morgan fingerprint density at radius 2 is 2.00 bits per heavy atom. The minimum absolute atomic E-state index is 0.856. The van der Waals surface area contributed by atoms with Crippen LogP contribution in [0.1, 0.15) is 49.2 Å². The maximum Gasteiger partial charge on any atom is 0.0930 e. The molecule has 0 aliphatic heterocycles. The molecule has 1 aromatic heterocycles. The highest BCUT2D eigenvalue weighted by Crippen LogP contribution is 2.33. The monoisotopic (exact) mass is 264 g/mol. The maximum atomic E-state index is 4.64. The highest BCUT2D eigenvalue weighted by atomic mass is 32.1. The summed E-state index contributed by atoms with van der Waals surface area (Å²) < 4.78 is 0. The molecular weight excluding hydrogens is 240 g/mol. The molecule has 1 heterocycles. The Hall–Kier alpha value is -0.410. The Morgan fingerprint density at radius 3 is 2.67 bits per heavy atom. The van der Waals surface area contributed by atoms with Gasteiger partial charge in [0.25, 0.3) is 0 Å². The highest BCUT2D eigenvalue weighted by Gasteiger charge is 2.28. The molecule has 0 aromatic carbocycles. The van der Waals surface area contributed by atoms with Crippen molar-refractivity contribution >= 4 is 11.3 Å². The molecule has 2 unspecified atom stereocenters. The summed E-state index contributed by atoms with van der Waals surface area (Å²) in [7, 11) is 0. The van der Waals surface area contributed by atoms with E-state index in [0.29, 0.717) is 0 Å².